The number of hydrogen-bond donors (Lipinski definition) is 0. The quantitative estimate of drug-likeness (QED) is 0.342. The molecule has 1 saturated heterocycles. The second-order valence-corrected chi connectivity index (χ2v) is 8.88. The Kier molecular flexibility index (Phi) is 5.56. The normalized spacial score (nSPS) is 32.9. The Hall–Kier alpha value is -1.94. The molecule has 0 aromatic rings. The molecule has 2 saturated carbocycles. The monoisotopic (exact) mass is 442 g/mol. The minimum absolute atomic E-state index is 0.296. The summed E-state index contributed by atoms with van der Waals surface area (Å²) in [6, 6.07) is 0. The number of ether oxygens (including phenoxy) is 3. The van der Waals surface area contributed by atoms with Crippen molar-refractivity contribution < 1.29 is 50.5 Å². The number of rotatable bonds is 7. The van der Waals surface area contributed by atoms with E-state index in [0.29, 0.717) is 12.8 Å². The molecule has 0 aromatic carbocycles. The Balaban J connectivity index is 1.72. The summed E-state index contributed by atoms with van der Waals surface area (Å²) >= 11 is 0. The maximum atomic E-state index is 13.5. The first-order chi connectivity index (χ1) is 13.7. The number of carbonyl (C=O) groups excluding carboxylic acids is 3. The zero-order chi connectivity index (χ0) is 22.6. The van der Waals surface area contributed by atoms with E-state index in [4.69, 9.17) is 9.47 Å². The number of hydrogen-bond acceptors (Lipinski definition) is 6. The number of alkyl halides is 5. The van der Waals surface area contributed by atoms with Gasteiger partial charge < -0.3 is 14.2 Å². The lowest BCUT2D eigenvalue weighted by Gasteiger charge is -2.32. The van der Waals surface area contributed by atoms with Gasteiger partial charge in [-0.2, -0.15) is 13.2 Å². The maximum Gasteiger partial charge on any atom is 0.394 e. The smallest absolute Gasteiger partial charge is 0.394 e. The molecule has 1 heterocycles. The van der Waals surface area contributed by atoms with Crippen LogP contribution in [0.25, 0.3) is 0 Å². The third-order valence-corrected chi connectivity index (χ3v) is 6.38. The summed E-state index contributed by atoms with van der Waals surface area (Å²) in [5.41, 5.74) is -0.820. The minimum Gasteiger partial charge on any atom is -0.459 e. The lowest BCUT2D eigenvalue weighted by atomic mass is 9.78. The topological polar surface area (TPSA) is 78.9 Å². The van der Waals surface area contributed by atoms with Crippen molar-refractivity contribution in [3.05, 3.63) is 0 Å². The van der Waals surface area contributed by atoms with E-state index in [1.54, 1.807) is 20.8 Å². The van der Waals surface area contributed by atoms with Crippen molar-refractivity contribution in [3.63, 3.8) is 0 Å². The van der Waals surface area contributed by atoms with Crippen LogP contribution in [0.5, 0.6) is 0 Å². The minimum atomic E-state index is -5.13. The molecular formula is C19H23F5O6. The van der Waals surface area contributed by atoms with E-state index in [2.05, 4.69) is 4.74 Å². The summed E-state index contributed by atoms with van der Waals surface area (Å²) < 4.78 is 79.0. The summed E-state index contributed by atoms with van der Waals surface area (Å²) in [6.45, 7) is 3.37. The highest BCUT2D eigenvalue weighted by atomic mass is 19.4. The summed E-state index contributed by atoms with van der Waals surface area (Å²) in [4.78, 5) is 37.2. The van der Waals surface area contributed by atoms with E-state index >= 15 is 0 Å². The van der Waals surface area contributed by atoms with Crippen molar-refractivity contribution in [1.82, 2.24) is 0 Å². The van der Waals surface area contributed by atoms with Gasteiger partial charge in [-0.05, 0) is 26.7 Å². The van der Waals surface area contributed by atoms with Crippen LogP contribution in [-0.4, -0.2) is 48.8 Å². The lowest BCUT2D eigenvalue weighted by molar-refractivity contribution is -0.206. The van der Waals surface area contributed by atoms with Crippen molar-refractivity contribution in [3.8, 4) is 0 Å². The molecule has 1 aliphatic heterocycles. The van der Waals surface area contributed by atoms with Crippen molar-refractivity contribution in [2.24, 2.45) is 29.1 Å². The van der Waals surface area contributed by atoms with E-state index in [1.165, 1.54) is 0 Å². The number of fused-ring (bicyclic) bond motifs is 1. The van der Waals surface area contributed by atoms with Crippen molar-refractivity contribution in [1.29, 1.82) is 0 Å². The molecule has 3 fully saturated rings. The zero-order valence-electron chi connectivity index (χ0n) is 16.6. The fraction of sp³-hybridized carbons (Fsp3) is 0.842. The standard InChI is InChI=1S/C19H23F5O6/c1-4-17(2,3)16(27)30-13-8-5-9-11(15(26)29-12(9)13)10(8)14(25)28-7-18(20,21)6-19(22,23)24/h8-13H,4-7H2,1-3H3. The zero-order valence-corrected chi connectivity index (χ0v) is 16.6. The van der Waals surface area contributed by atoms with Crippen molar-refractivity contribution in [2.45, 2.75) is 64.3 Å². The first kappa shape index (κ1) is 22.7. The van der Waals surface area contributed by atoms with Crippen LogP contribution in [0, 0.1) is 29.1 Å². The molecule has 6 nitrogen and oxygen atoms in total. The molecule has 0 radical (unpaired) electrons. The van der Waals surface area contributed by atoms with Gasteiger partial charge in [0.2, 0.25) is 0 Å². The number of carbonyl (C=O) groups is 3. The Bertz CT molecular complexity index is 733. The lowest BCUT2D eigenvalue weighted by Crippen LogP contribution is -2.45. The molecule has 0 aromatic heterocycles. The Labute approximate surface area is 169 Å². The highest BCUT2D eigenvalue weighted by Gasteiger charge is 2.70. The van der Waals surface area contributed by atoms with Crippen molar-refractivity contribution >= 4 is 17.9 Å². The molecule has 6 unspecified atom stereocenters. The van der Waals surface area contributed by atoms with Crippen LogP contribution < -0.4 is 0 Å². The third-order valence-electron chi connectivity index (χ3n) is 6.38. The number of esters is 3. The highest BCUT2D eigenvalue weighted by Crippen LogP contribution is 2.59. The molecule has 6 atom stereocenters. The van der Waals surface area contributed by atoms with Crippen LogP contribution in [0.2, 0.25) is 0 Å². The fourth-order valence-corrected chi connectivity index (χ4v) is 4.51. The molecular weight excluding hydrogens is 419 g/mol. The molecule has 30 heavy (non-hydrogen) atoms. The summed E-state index contributed by atoms with van der Waals surface area (Å²) in [7, 11) is 0. The second-order valence-electron chi connectivity index (χ2n) is 8.88. The summed E-state index contributed by atoms with van der Waals surface area (Å²) in [6.07, 6.45) is -8.44. The highest BCUT2D eigenvalue weighted by molar-refractivity contribution is 5.86. The Morgan fingerprint density at radius 2 is 1.77 bits per heavy atom. The van der Waals surface area contributed by atoms with Gasteiger partial charge in [0.25, 0.3) is 5.92 Å². The molecule has 0 amide bonds. The SMILES string of the molecule is CCC(C)(C)C(=O)OC1C2CC3C1OC(=O)C3C2C(=O)OCC(F)(F)CC(F)(F)F. The predicted octanol–water partition coefficient (Wildman–Crippen LogP) is 3.27. The summed E-state index contributed by atoms with van der Waals surface area (Å²) in [5, 5.41) is 0. The fourth-order valence-electron chi connectivity index (χ4n) is 4.51. The molecule has 2 bridgehead atoms. The van der Waals surface area contributed by atoms with Crippen molar-refractivity contribution in [2.75, 3.05) is 6.61 Å². The average Bonchev–Trinajstić information content (AvgIpc) is 3.21. The van der Waals surface area contributed by atoms with Gasteiger partial charge >= 0.3 is 24.1 Å². The van der Waals surface area contributed by atoms with E-state index < -0.39 is 84.3 Å². The first-order valence-electron chi connectivity index (χ1n) is 9.69. The molecule has 3 rings (SSSR count). The molecule has 0 N–H and O–H groups in total. The van der Waals surface area contributed by atoms with Crippen LogP contribution in [0.3, 0.4) is 0 Å². The number of halogens is 5. The van der Waals surface area contributed by atoms with Gasteiger partial charge in [-0.3, -0.25) is 14.4 Å². The van der Waals surface area contributed by atoms with Gasteiger partial charge in [0.1, 0.15) is 18.6 Å². The first-order valence-corrected chi connectivity index (χ1v) is 9.69. The molecule has 170 valence electrons. The van der Waals surface area contributed by atoms with E-state index in [1.807, 2.05) is 0 Å². The molecule has 0 spiro atoms. The summed E-state index contributed by atoms with van der Waals surface area (Å²) in [5.74, 6) is -10.0. The molecule has 3 aliphatic rings. The van der Waals surface area contributed by atoms with Gasteiger partial charge in [0.15, 0.2) is 6.61 Å². The Morgan fingerprint density at radius 1 is 1.13 bits per heavy atom. The predicted molar refractivity (Wildman–Crippen MR) is 89.0 cm³/mol. The van der Waals surface area contributed by atoms with Crippen LogP contribution >= 0.6 is 0 Å². The van der Waals surface area contributed by atoms with Gasteiger partial charge in [-0.15, -0.1) is 0 Å². The molecule has 11 heteroatoms. The Morgan fingerprint density at radius 3 is 2.33 bits per heavy atom. The van der Waals surface area contributed by atoms with Crippen LogP contribution in [0.1, 0.15) is 40.0 Å². The van der Waals surface area contributed by atoms with E-state index in [-0.39, 0.29) is 0 Å². The largest absolute Gasteiger partial charge is 0.459 e. The second kappa shape index (κ2) is 7.33. The maximum absolute atomic E-state index is 13.5. The van der Waals surface area contributed by atoms with Gasteiger partial charge in [0, 0.05) is 11.8 Å². The van der Waals surface area contributed by atoms with E-state index in [0.717, 1.165) is 0 Å². The molecule has 2 aliphatic carbocycles. The third kappa shape index (κ3) is 4.12. The van der Waals surface area contributed by atoms with Gasteiger partial charge in [-0.1, -0.05) is 6.92 Å². The van der Waals surface area contributed by atoms with Crippen LogP contribution in [0.15, 0.2) is 0 Å². The van der Waals surface area contributed by atoms with Crippen LogP contribution in [0.4, 0.5) is 22.0 Å². The average molecular weight is 442 g/mol. The van der Waals surface area contributed by atoms with E-state index in [9.17, 15) is 36.3 Å². The van der Waals surface area contributed by atoms with Crippen LogP contribution in [-0.2, 0) is 28.6 Å². The van der Waals surface area contributed by atoms with Gasteiger partial charge in [-0.25, -0.2) is 8.78 Å². The van der Waals surface area contributed by atoms with Gasteiger partial charge in [0.05, 0.1) is 17.3 Å².